The monoisotopic (exact) mass is 545 g/mol. The molecule has 5 rings (SSSR count). The molecule has 0 spiro atoms. The highest BCUT2D eigenvalue weighted by Gasteiger charge is 2.36. The smallest absolute Gasteiger partial charge is 0.381 e. The van der Waals surface area contributed by atoms with Crippen LogP contribution < -0.4 is 10.2 Å². The van der Waals surface area contributed by atoms with E-state index < -0.39 is 23.5 Å². The molecule has 1 fully saturated rings. The van der Waals surface area contributed by atoms with Gasteiger partial charge < -0.3 is 15.0 Å². The minimum absolute atomic E-state index is 0.128. The van der Waals surface area contributed by atoms with Gasteiger partial charge in [0.1, 0.15) is 5.82 Å². The molecule has 1 aliphatic rings. The van der Waals surface area contributed by atoms with E-state index in [1.165, 1.54) is 0 Å². The van der Waals surface area contributed by atoms with Crippen molar-refractivity contribution >= 4 is 22.4 Å². The first kappa shape index (κ1) is 26.8. The first-order chi connectivity index (χ1) is 18.5. The van der Waals surface area contributed by atoms with E-state index >= 15 is 0 Å². The van der Waals surface area contributed by atoms with Gasteiger partial charge in [0, 0.05) is 30.7 Å². The maximum Gasteiger partial charge on any atom is 0.416 e. The lowest BCUT2D eigenvalue weighted by Gasteiger charge is -2.28. The Morgan fingerprint density at radius 2 is 1.49 bits per heavy atom. The molecule has 2 heterocycles. The van der Waals surface area contributed by atoms with E-state index in [0.717, 1.165) is 45.5 Å². The van der Waals surface area contributed by atoms with E-state index in [2.05, 4.69) is 10.2 Å². The predicted octanol–water partition coefficient (Wildman–Crippen LogP) is 7.70. The summed E-state index contributed by atoms with van der Waals surface area (Å²) in [6.07, 6.45) is -9.80. The van der Waals surface area contributed by atoms with E-state index in [4.69, 9.17) is 9.72 Å². The summed E-state index contributed by atoms with van der Waals surface area (Å²) >= 11 is 0. The van der Waals surface area contributed by atoms with Crippen LogP contribution >= 0.6 is 0 Å². The van der Waals surface area contributed by atoms with Gasteiger partial charge >= 0.3 is 12.4 Å². The second-order valence-corrected chi connectivity index (χ2v) is 9.44. The van der Waals surface area contributed by atoms with Gasteiger partial charge in [-0.25, -0.2) is 4.98 Å². The molecule has 4 nitrogen and oxygen atoms in total. The molecule has 0 saturated carbocycles. The lowest BCUT2D eigenvalue weighted by atomic mass is 9.96. The van der Waals surface area contributed by atoms with E-state index in [-0.39, 0.29) is 18.2 Å². The lowest BCUT2D eigenvalue weighted by molar-refractivity contribution is -0.143. The molecule has 1 aromatic heterocycles. The molecular weight excluding hydrogens is 520 g/mol. The Morgan fingerprint density at radius 3 is 2.13 bits per heavy atom. The standard InChI is InChI=1S/C29H25F6N3O/c1-18-4-2-3-5-23(18)24-16-27(38-8-10-39-11-9-38)37-26-7-6-22(15-25(24)26)36-17-19-12-20(28(30,31)32)14-21(13-19)29(33,34)35/h2-7,12-16,36H,8-11,17H2,1H3. The molecule has 0 bridgehead atoms. The fourth-order valence-corrected chi connectivity index (χ4v) is 4.70. The molecule has 0 radical (unpaired) electrons. The second-order valence-electron chi connectivity index (χ2n) is 9.44. The van der Waals surface area contributed by atoms with Crippen molar-refractivity contribution in [3.8, 4) is 11.1 Å². The van der Waals surface area contributed by atoms with Crippen molar-refractivity contribution in [3.05, 3.63) is 89.0 Å². The van der Waals surface area contributed by atoms with Crippen LogP contribution in [0.2, 0.25) is 0 Å². The molecule has 1 aliphatic heterocycles. The van der Waals surface area contributed by atoms with Gasteiger partial charge in [0.25, 0.3) is 0 Å². The van der Waals surface area contributed by atoms with Crippen LogP contribution in [0.15, 0.2) is 66.7 Å². The maximum atomic E-state index is 13.3. The highest BCUT2D eigenvalue weighted by atomic mass is 19.4. The van der Waals surface area contributed by atoms with Gasteiger partial charge in [-0.1, -0.05) is 24.3 Å². The summed E-state index contributed by atoms with van der Waals surface area (Å²) in [4.78, 5) is 7.00. The van der Waals surface area contributed by atoms with Gasteiger partial charge in [-0.05, 0) is 71.6 Å². The third kappa shape index (κ3) is 5.95. The summed E-state index contributed by atoms with van der Waals surface area (Å²) in [5.41, 5.74) is 1.46. The van der Waals surface area contributed by atoms with Crippen molar-refractivity contribution in [3.63, 3.8) is 0 Å². The van der Waals surface area contributed by atoms with Crippen molar-refractivity contribution in [2.45, 2.75) is 25.8 Å². The van der Waals surface area contributed by atoms with Gasteiger partial charge in [-0.2, -0.15) is 26.3 Å². The Hall–Kier alpha value is -3.79. The number of hydrogen-bond donors (Lipinski definition) is 1. The molecule has 39 heavy (non-hydrogen) atoms. The summed E-state index contributed by atoms with van der Waals surface area (Å²) in [6.45, 7) is 4.41. The highest BCUT2D eigenvalue weighted by Crippen LogP contribution is 2.37. The van der Waals surface area contributed by atoms with Crippen molar-refractivity contribution in [2.24, 2.45) is 0 Å². The Labute approximate surface area is 221 Å². The van der Waals surface area contributed by atoms with Crippen molar-refractivity contribution in [2.75, 3.05) is 36.5 Å². The normalized spacial score (nSPS) is 14.6. The fraction of sp³-hybridized carbons (Fsp3) is 0.276. The number of fused-ring (bicyclic) bond motifs is 1. The number of morpholine rings is 1. The molecule has 10 heteroatoms. The number of benzene rings is 3. The van der Waals surface area contributed by atoms with Gasteiger partial charge in [-0.15, -0.1) is 0 Å². The number of hydrogen-bond acceptors (Lipinski definition) is 4. The van der Waals surface area contributed by atoms with Crippen LogP contribution in [0, 0.1) is 6.92 Å². The van der Waals surface area contributed by atoms with Crippen LogP contribution in [-0.2, 0) is 23.6 Å². The quantitative estimate of drug-likeness (QED) is 0.261. The zero-order valence-corrected chi connectivity index (χ0v) is 21.0. The van der Waals surface area contributed by atoms with Gasteiger partial charge in [0.15, 0.2) is 0 Å². The number of alkyl halides is 6. The molecule has 204 valence electrons. The predicted molar refractivity (Wildman–Crippen MR) is 139 cm³/mol. The maximum absolute atomic E-state index is 13.3. The summed E-state index contributed by atoms with van der Waals surface area (Å²) in [6, 6.07) is 16.9. The first-order valence-electron chi connectivity index (χ1n) is 12.3. The zero-order valence-electron chi connectivity index (χ0n) is 21.0. The molecule has 1 saturated heterocycles. The van der Waals surface area contributed by atoms with Gasteiger partial charge in [-0.3, -0.25) is 0 Å². The number of pyridine rings is 1. The van der Waals surface area contributed by atoms with Gasteiger partial charge in [0.2, 0.25) is 0 Å². The van der Waals surface area contributed by atoms with Crippen LogP contribution in [0.25, 0.3) is 22.0 Å². The average Bonchev–Trinajstić information content (AvgIpc) is 2.91. The topological polar surface area (TPSA) is 37.4 Å². The third-order valence-corrected chi connectivity index (χ3v) is 6.71. The van der Waals surface area contributed by atoms with Crippen molar-refractivity contribution < 1.29 is 31.1 Å². The number of rotatable bonds is 5. The average molecular weight is 546 g/mol. The molecule has 3 aromatic carbocycles. The summed E-state index contributed by atoms with van der Waals surface area (Å²) in [5.74, 6) is 0.813. The van der Waals surface area contributed by atoms with Crippen molar-refractivity contribution in [1.82, 2.24) is 4.98 Å². The van der Waals surface area contributed by atoms with Crippen LogP contribution in [-0.4, -0.2) is 31.3 Å². The van der Waals surface area contributed by atoms with Crippen LogP contribution in [0.1, 0.15) is 22.3 Å². The lowest BCUT2D eigenvalue weighted by Crippen LogP contribution is -2.36. The number of nitrogens with one attached hydrogen (secondary N) is 1. The van der Waals surface area contributed by atoms with Crippen molar-refractivity contribution in [1.29, 1.82) is 0 Å². The summed E-state index contributed by atoms with van der Waals surface area (Å²) in [5, 5.41) is 3.80. The molecule has 0 aliphatic carbocycles. The number of anilines is 2. The van der Waals surface area contributed by atoms with Gasteiger partial charge in [0.05, 0.1) is 29.9 Å². The van der Waals surface area contributed by atoms with Crippen LogP contribution in [0.5, 0.6) is 0 Å². The Balaban J connectivity index is 1.52. The van der Waals surface area contributed by atoms with E-state index in [9.17, 15) is 26.3 Å². The zero-order chi connectivity index (χ0) is 27.8. The number of aromatic nitrogens is 1. The van der Waals surface area contributed by atoms with E-state index in [0.29, 0.717) is 32.0 Å². The number of nitrogens with zero attached hydrogens (tertiary/aromatic N) is 2. The number of aryl methyl sites for hydroxylation is 1. The Bertz CT molecular complexity index is 1460. The largest absolute Gasteiger partial charge is 0.416 e. The molecule has 4 aromatic rings. The minimum atomic E-state index is -4.90. The molecular formula is C29H25F6N3O. The number of ether oxygens (including phenoxy) is 1. The highest BCUT2D eigenvalue weighted by molar-refractivity contribution is 5.98. The first-order valence-corrected chi connectivity index (χ1v) is 12.3. The Morgan fingerprint density at radius 1 is 0.821 bits per heavy atom. The Kier molecular flexibility index (Phi) is 7.15. The molecule has 0 unspecified atom stereocenters. The minimum Gasteiger partial charge on any atom is -0.381 e. The molecule has 0 amide bonds. The SMILES string of the molecule is Cc1ccccc1-c1cc(N2CCOCC2)nc2ccc(NCc3cc(C(F)(F)F)cc(C(F)(F)F)c3)cc12. The molecule has 0 atom stereocenters. The molecule has 1 N–H and O–H groups in total. The summed E-state index contributed by atoms with van der Waals surface area (Å²) in [7, 11) is 0. The van der Waals surface area contributed by atoms with Crippen LogP contribution in [0.3, 0.4) is 0 Å². The fourth-order valence-electron chi connectivity index (χ4n) is 4.70. The van der Waals surface area contributed by atoms with Crippen LogP contribution in [0.4, 0.5) is 37.8 Å². The third-order valence-electron chi connectivity index (χ3n) is 6.71. The summed E-state index contributed by atoms with van der Waals surface area (Å²) < 4.78 is 85.1. The van der Waals surface area contributed by atoms with E-state index in [1.807, 2.05) is 43.3 Å². The van der Waals surface area contributed by atoms with E-state index in [1.54, 1.807) is 12.1 Å². The second kappa shape index (κ2) is 10.4. The number of halogens is 6.